The summed E-state index contributed by atoms with van der Waals surface area (Å²) in [7, 11) is 6.62. The standard InChI is InChI=1S/C22H20N2O4Se/c1-25-13-5-9-19(27-3)17(11-13)15-7-8-16(22-21(15)23-29-24-22)18-12-14(26-2)6-10-20(18)28-4/h5-12H,1-4H3. The molecule has 7 heteroatoms. The summed E-state index contributed by atoms with van der Waals surface area (Å²) in [5.41, 5.74) is 5.49. The Morgan fingerprint density at radius 2 is 1.00 bits per heavy atom. The molecule has 0 fully saturated rings. The number of hydrogen-bond donors (Lipinski definition) is 0. The second kappa shape index (κ2) is 8.15. The first kappa shape index (κ1) is 19.3. The molecule has 6 nitrogen and oxygen atoms in total. The molecular weight excluding hydrogens is 435 g/mol. The zero-order chi connectivity index (χ0) is 20.4. The molecule has 0 atom stereocenters. The summed E-state index contributed by atoms with van der Waals surface area (Å²) in [5.74, 6) is 3.03. The van der Waals surface area contributed by atoms with Crippen molar-refractivity contribution in [2.24, 2.45) is 0 Å². The van der Waals surface area contributed by atoms with Gasteiger partial charge in [0.05, 0.1) is 0 Å². The van der Waals surface area contributed by atoms with Gasteiger partial charge in [-0.25, -0.2) is 0 Å². The van der Waals surface area contributed by atoms with Gasteiger partial charge < -0.3 is 0 Å². The van der Waals surface area contributed by atoms with Gasteiger partial charge in [-0.05, 0) is 0 Å². The van der Waals surface area contributed by atoms with Crippen molar-refractivity contribution in [3.8, 4) is 45.3 Å². The van der Waals surface area contributed by atoms with E-state index in [1.165, 1.54) is 0 Å². The van der Waals surface area contributed by atoms with Gasteiger partial charge in [-0.15, -0.1) is 0 Å². The Labute approximate surface area is 175 Å². The van der Waals surface area contributed by atoms with Crippen molar-refractivity contribution in [3.63, 3.8) is 0 Å². The predicted octanol–water partition coefficient (Wildman–Crippen LogP) is 4.06. The number of fused-ring (bicyclic) bond motifs is 1. The Bertz CT molecular complexity index is 1080. The van der Waals surface area contributed by atoms with E-state index >= 15 is 0 Å². The van der Waals surface area contributed by atoms with E-state index in [0.717, 1.165) is 56.3 Å². The van der Waals surface area contributed by atoms with Crippen LogP contribution in [0.1, 0.15) is 0 Å². The van der Waals surface area contributed by atoms with Gasteiger partial charge in [0, 0.05) is 0 Å². The molecular formula is C22H20N2O4Se. The van der Waals surface area contributed by atoms with Crippen molar-refractivity contribution in [2.45, 2.75) is 0 Å². The Morgan fingerprint density at radius 3 is 1.38 bits per heavy atom. The van der Waals surface area contributed by atoms with Gasteiger partial charge >= 0.3 is 175 Å². The van der Waals surface area contributed by atoms with Crippen LogP contribution in [0.4, 0.5) is 0 Å². The minimum atomic E-state index is -0.203. The van der Waals surface area contributed by atoms with E-state index in [9.17, 15) is 0 Å². The molecule has 0 bridgehead atoms. The molecule has 0 amide bonds. The van der Waals surface area contributed by atoms with E-state index in [-0.39, 0.29) is 15.0 Å². The molecule has 0 saturated carbocycles. The molecule has 0 N–H and O–H groups in total. The maximum atomic E-state index is 5.58. The van der Waals surface area contributed by atoms with Crippen molar-refractivity contribution in [2.75, 3.05) is 28.4 Å². The predicted molar refractivity (Wildman–Crippen MR) is 114 cm³/mol. The quantitative estimate of drug-likeness (QED) is 0.409. The van der Waals surface area contributed by atoms with Crippen LogP contribution >= 0.6 is 0 Å². The van der Waals surface area contributed by atoms with Crippen LogP contribution in [0.3, 0.4) is 0 Å². The van der Waals surface area contributed by atoms with Crippen LogP contribution in [0.25, 0.3) is 33.3 Å². The molecule has 0 aliphatic rings. The summed E-state index contributed by atoms with van der Waals surface area (Å²) < 4.78 is 31.4. The maximum absolute atomic E-state index is 5.58. The van der Waals surface area contributed by atoms with Gasteiger partial charge in [-0.2, -0.15) is 0 Å². The number of hydrogen-bond acceptors (Lipinski definition) is 6. The van der Waals surface area contributed by atoms with Crippen LogP contribution in [0.2, 0.25) is 0 Å². The molecule has 3 aromatic carbocycles. The van der Waals surface area contributed by atoms with E-state index in [1.54, 1.807) is 28.4 Å². The van der Waals surface area contributed by atoms with Crippen molar-refractivity contribution in [1.29, 1.82) is 0 Å². The number of benzene rings is 3. The van der Waals surface area contributed by atoms with E-state index in [1.807, 2.05) is 48.5 Å². The third kappa shape index (κ3) is 3.43. The Kier molecular flexibility index (Phi) is 5.43. The third-order valence-electron chi connectivity index (χ3n) is 4.81. The van der Waals surface area contributed by atoms with Gasteiger partial charge in [0.15, 0.2) is 0 Å². The molecule has 1 heterocycles. The van der Waals surface area contributed by atoms with Crippen molar-refractivity contribution >= 4 is 26.0 Å². The summed E-state index contributed by atoms with van der Waals surface area (Å²) >= 11 is -0.203. The molecule has 0 unspecified atom stereocenters. The van der Waals surface area contributed by atoms with Crippen LogP contribution in [-0.4, -0.2) is 51.4 Å². The number of ether oxygens (including phenoxy) is 4. The first-order valence-electron chi connectivity index (χ1n) is 8.90. The summed E-state index contributed by atoms with van der Waals surface area (Å²) in [6.45, 7) is 0. The van der Waals surface area contributed by atoms with Gasteiger partial charge in [0.1, 0.15) is 0 Å². The summed E-state index contributed by atoms with van der Waals surface area (Å²) in [6.07, 6.45) is 0. The SMILES string of the molecule is COc1ccc(OC)c(-c2ccc(-c3cc(OC)ccc3OC)c3n[se]nc23)c1. The fraction of sp³-hybridized carbons (Fsp3) is 0.182. The molecule has 1 aromatic heterocycles. The molecule has 4 aromatic rings. The Balaban J connectivity index is 1.95. The first-order valence-corrected chi connectivity index (χ1v) is 10.4. The Hall–Kier alpha value is -3.02. The molecule has 29 heavy (non-hydrogen) atoms. The molecule has 0 radical (unpaired) electrons. The number of aromatic nitrogens is 2. The second-order valence-corrected chi connectivity index (χ2v) is 7.36. The fourth-order valence-corrected chi connectivity index (χ4v) is 4.55. The molecule has 0 saturated heterocycles. The fourth-order valence-electron chi connectivity index (χ4n) is 3.35. The number of methoxy groups -OCH3 is 4. The van der Waals surface area contributed by atoms with E-state index < -0.39 is 0 Å². The summed E-state index contributed by atoms with van der Waals surface area (Å²) in [6, 6.07) is 15.6. The number of nitrogens with zero attached hydrogens (tertiary/aromatic N) is 2. The normalized spacial score (nSPS) is 10.8. The molecule has 148 valence electrons. The van der Waals surface area contributed by atoms with Gasteiger partial charge in [-0.1, -0.05) is 0 Å². The van der Waals surface area contributed by atoms with Crippen LogP contribution in [0, 0.1) is 0 Å². The molecule has 0 spiro atoms. The molecule has 0 aliphatic heterocycles. The average Bonchev–Trinajstić information content (AvgIpc) is 3.27. The van der Waals surface area contributed by atoms with Gasteiger partial charge in [-0.3, -0.25) is 0 Å². The average molecular weight is 455 g/mol. The van der Waals surface area contributed by atoms with Crippen molar-refractivity contribution in [3.05, 3.63) is 48.5 Å². The van der Waals surface area contributed by atoms with E-state index in [2.05, 4.69) is 0 Å². The zero-order valence-electron chi connectivity index (χ0n) is 16.6. The summed E-state index contributed by atoms with van der Waals surface area (Å²) in [4.78, 5) is 0. The third-order valence-corrected chi connectivity index (χ3v) is 5.92. The molecule has 4 rings (SSSR count). The topological polar surface area (TPSA) is 62.7 Å². The molecule has 0 aliphatic carbocycles. The summed E-state index contributed by atoms with van der Waals surface area (Å²) in [5, 5.41) is 0. The first-order chi connectivity index (χ1) is 14.2. The van der Waals surface area contributed by atoms with Crippen LogP contribution in [0.5, 0.6) is 23.0 Å². The Morgan fingerprint density at radius 1 is 0.552 bits per heavy atom. The van der Waals surface area contributed by atoms with Gasteiger partial charge in [0.25, 0.3) is 0 Å². The van der Waals surface area contributed by atoms with Crippen molar-refractivity contribution in [1.82, 2.24) is 7.96 Å². The minimum absolute atomic E-state index is 0.203. The monoisotopic (exact) mass is 456 g/mol. The zero-order valence-corrected chi connectivity index (χ0v) is 18.3. The van der Waals surface area contributed by atoms with Crippen LogP contribution in [-0.2, 0) is 0 Å². The van der Waals surface area contributed by atoms with Crippen molar-refractivity contribution < 1.29 is 18.9 Å². The van der Waals surface area contributed by atoms with Gasteiger partial charge in [0.2, 0.25) is 0 Å². The second-order valence-electron chi connectivity index (χ2n) is 6.25. The van der Waals surface area contributed by atoms with Crippen LogP contribution < -0.4 is 18.9 Å². The number of rotatable bonds is 6. The van der Waals surface area contributed by atoms with E-state index in [0.29, 0.717) is 0 Å². The van der Waals surface area contributed by atoms with Crippen LogP contribution in [0.15, 0.2) is 48.5 Å². The van der Waals surface area contributed by atoms with E-state index in [4.69, 9.17) is 26.9 Å².